The van der Waals surface area contributed by atoms with E-state index in [1.807, 2.05) is 7.05 Å². The van der Waals surface area contributed by atoms with Crippen LogP contribution in [0, 0.1) is 0 Å². The van der Waals surface area contributed by atoms with Gasteiger partial charge in [-0.15, -0.1) is 0 Å². The monoisotopic (exact) mass is 284 g/mol. The molecular weight excluding hydrogens is 260 g/mol. The normalized spacial score (nSPS) is 27.2. The fourth-order valence-corrected chi connectivity index (χ4v) is 3.00. The van der Waals surface area contributed by atoms with Crippen molar-refractivity contribution in [2.24, 2.45) is 0 Å². The maximum atomic E-state index is 12.1. The predicted octanol–water partition coefficient (Wildman–Crippen LogP) is 1.59. The van der Waals surface area contributed by atoms with E-state index in [1.54, 1.807) is 4.90 Å². The van der Waals surface area contributed by atoms with Crippen LogP contribution in [0.2, 0.25) is 0 Å². The summed E-state index contributed by atoms with van der Waals surface area (Å²) in [5.74, 6) is -0.918. The van der Waals surface area contributed by atoms with Crippen molar-refractivity contribution in [3.63, 3.8) is 0 Å². The number of nitrogens with one attached hydrogen (secondary N) is 1. The number of nitrogens with zero attached hydrogens (tertiary/aromatic N) is 1. The molecule has 2 fully saturated rings. The molecule has 114 valence electrons. The van der Waals surface area contributed by atoms with E-state index in [0.717, 1.165) is 12.8 Å². The third-order valence-corrected chi connectivity index (χ3v) is 4.31. The highest BCUT2D eigenvalue weighted by atomic mass is 16.5. The lowest BCUT2D eigenvalue weighted by Gasteiger charge is -2.31. The molecule has 1 aliphatic heterocycles. The quantitative estimate of drug-likeness (QED) is 0.821. The first-order valence-corrected chi connectivity index (χ1v) is 7.47. The van der Waals surface area contributed by atoms with E-state index >= 15 is 0 Å². The number of hydrogen-bond acceptors (Lipinski definition) is 3. The lowest BCUT2D eigenvalue weighted by Crippen LogP contribution is -2.46. The fourth-order valence-electron chi connectivity index (χ4n) is 3.00. The molecule has 6 nitrogen and oxygen atoms in total. The van der Waals surface area contributed by atoms with Gasteiger partial charge >= 0.3 is 12.0 Å². The van der Waals surface area contributed by atoms with Crippen molar-refractivity contribution in [3.05, 3.63) is 0 Å². The number of aliphatic carboxylic acids is 1. The first-order valence-electron chi connectivity index (χ1n) is 7.47. The van der Waals surface area contributed by atoms with Crippen LogP contribution in [0.15, 0.2) is 0 Å². The number of urea groups is 1. The van der Waals surface area contributed by atoms with Gasteiger partial charge in [0.1, 0.15) is 0 Å². The summed E-state index contributed by atoms with van der Waals surface area (Å²) in [7, 11) is 1.83. The highest BCUT2D eigenvalue weighted by Crippen LogP contribution is 2.22. The van der Waals surface area contributed by atoms with Crippen LogP contribution in [0.1, 0.15) is 44.9 Å². The van der Waals surface area contributed by atoms with E-state index in [1.165, 1.54) is 19.3 Å². The molecule has 0 radical (unpaired) electrons. The van der Waals surface area contributed by atoms with Gasteiger partial charge in [0.25, 0.3) is 0 Å². The zero-order chi connectivity index (χ0) is 14.5. The van der Waals surface area contributed by atoms with Gasteiger partial charge in [0.15, 0.2) is 6.10 Å². The van der Waals surface area contributed by atoms with Crippen LogP contribution in [0.25, 0.3) is 0 Å². The third kappa shape index (κ3) is 3.85. The van der Waals surface area contributed by atoms with E-state index in [0.29, 0.717) is 25.4 Å². The minimum atomic E-state index is -0.918. The summed E-state index contributed by atoms with van der Waals surface area (Å²) in [6.45, 7) is 0.389. The number of carboxylic acids is 1. The molecule has 1 saturated carbocycles. The molecule has 2 unspecified atom stereocenters. The van der Waals surface area contributed by atoms with Gasteiger partial charge in [0.05, 0.1) is 6.10 Å². The summed E-state index contributed by atoms with van der Waals surface area (Å²) in [4.78, 5) is 24.6. The Morgan fingerprint density at radius 1 is 1.20 bits per heavy atom. The lowest BCUT2D eigenvalue weighted by atomic mass is 9.95. The molecule has 20 heavy (non-hydrogen) atoms. The molecule has 0 aromatic rings. The molecule has 2 rings (SSSR count). The Labute approximate surface area is 119 Å². The third-order valence-electron chi connectivity index (χ3n) is 4.31. The van der Waals surface area contributed by atoms with Gasteiger partial charge in [-0.25, -0.2) is 9.59 Å². The number of amides is 2. The first kappa shape index (κ1) is 15.1. The molecule has 0 aromatic carbocycles. The largest absolute Gasteiger partial charge is 0.479 e. The molecule has 2 amide bonds. The SMILES string of the molecule is CN(C(=O)NCC1CCC(C(=O)O)O1)C1CCCCC1. The van der Waals surface area contributed by atoms with E-state index in [-0.39, 0.29) is 12.1 Å². The number of carboxylic acid groups (broad SMARTS) is 1. The summed E-state index contributed by atoms with van der Waals surface area (Å²) < 4.78 is 5.37. The number of ether oxygens (including phenoxy) is 1. The highest BCUT2D eigenvalue weighted by molar-refractivity contribution is 5.74. The van der Waals surface area contributed by atoms with Gasteiger partial charge in [0.2, 0.25) is 0 Å². The summed E-state index contributed by atoms with van der Waals surface area (Å²) in [5.41, 5.74) is 0. The smallest absolute Gasteiger partial charge is 0.332 e. The van der Waals surface area contributed by atoms with Crippen LogP contribution >= 0.6 is 0 Å². The summed E-state index contributed by atoms with van der Waals surface area (Å²) in [5, 5.41) is 11.7. The summed E-state index contributed by atoms with van der Waals surface area (Å²) in [6.07, 6.45) is 6.10. The second-order valence-corrected chi connectivity index (χ2v) is 5.75. The van der Waals surface area contributed by atoms with Crippen molar-refractivity contribution < 1.29 is 19.4 Å². The molecular formula is C14H24N2O4. The Bertz CT molecular complexity index is 355. The fraction of sp³-hybridized carbons (Fsp3) is 0.857. The number of carbonyl (C=O) groups is 2. The maximum Gasteiger partial charge on any atom is 0.332 e. The molecule has 6 heteroatoms. The Balaban J connectivity index is 1.70. The average Bonchev–Trinajstić information content (AvgIpc) is 2.94. The number of carbonyl (C=O) groups excluding carboxylic acids is 1. The van der Waals surface area contributed by atoms with Gasteiger partial charge in [-0.3, -0.25) is 0 Å². The number of hydrogen-bond donors (Lipinski definition) is 2. The zero-order valence-corrected chi connectivity index (χ0v) is 12.0. The predicted molar refractivity (Wildman–Crippen MR) is 73.6 cm³/mol. The minimum absolute atomic E-state index is 0.0840. The molecule has 0 spiro atoms. The van der Waals surface area contributed by atoms with Crippen molar-refractivity contribution in [2.45, 2.75) is 63.2 Å². The molecule has 2 aliphatic rings. The van der Waals surface area contributed by atoms with Gasteiger partial charge in [-0.1, -0.05) is 19.3 Å². The Morgan fingerprint density at radius 2 is 1.90 bits per heavy atom. The first-order chi connectivity index (χ1) is 9.58. The van der Waals surface area contributed by atoms with Crippen molar-refractivity contribution in [1.82, 2.24) is 10.2 Å². The standard InChI is InChI=1S/C14H24N2O4/c1-16(10-5-3-2-4-6-10)14(19)15-9-11-7-8-12(20-11)13(17)18/h10-12H,2-9H2,1H3,(H,15,19)(H,17,18). The van der Waals surface area contributed by atoms with Crippen molar-refractivity contribution in [1.29, 1.82) is 0 Å². The van der Waals surface area contributed by atoms with Gasteiger partial charge < -0.3 is 20.1 Å². The van der Waals surface area contributed by atoms with Crippen LogP contribution in [-0.4, -0.2) is 53.8 Å². The van der Waals surface area contributed by atoms with E-state index in [2.05, 4.69) is 5.32 Å². The molecule has 1 aliphatic carbocycles. The van der Waals surface area contributed by atoms with Crippen molar-refractivity contribution in [3.8, 4) is 0 Å². The van der Waals surface area contributed by atoms with E-state index in [4.69, 9.17) is 9.84 Å². The Morgan fingerprint density at radius 3 is 2.50 bits per heavy atom. The minimum Gasteiger partial charge on any atom is -0.479 e. The van der Waals surface area contributed by atoms with Crippen molar-refractivity contribution >= 4 is 12.0 Å². The van der Waals surface area contributed by atoms with Crippen LogP contribution < -0.4 is 5.32 Å². The molecule has 2 N–H and O–H groups in total. The lowest BCUT2D eigenvalue weighted by molar-refractivity contribution is -0.149. The zero-order valence-electron chi connectivity index (χ0n) is 12.0. The second-order valence-electron chi connectivity index (χ2n) is 5.75. The molecule has 1 saturated heterocycles. The van der Waals surface area contributed by atoms with Crippen molar-refractivity contribution in [2.75, 3.05) is 13.6 Å². The topological polar surface area (TPSA) is 78.9 Å². The second kappa shape index (κ2) is 6.92. The molecule has 1 heterocycles. The molecule has 0 bridgehead atoms. The van der Waals surface area contributed by atoms with Gasteiger partial charge in [-0.05, 0) is 25.7 Å². The van der Waals surface area contributed by atoms with Crippen LogP contribution in [0.5, 0.6) is 0 Å². The van der Waals surface area contributed by atoms with Gasteiger partial charge in [0, 0.05) is 19.6 Å². The van der Waals surface area contributed by atoms with Gasteiger partial charge in [-0.2, -0.15) is 0 Å². The van der Waals surface area contributed by atoms with Crippen LogP contribution in [0.4, 0.5) is 4.79 Å². The van der Waals surface area contributed by atoms with E-state index < -0.39 is 12.1 Å². The van der Waals surface area contributed by atoms with E-state index in [9.17, 15) is 9.59 Å². The Hall–Kier alpha value is -1.30. The average molecular weight is 284 g/mol. The Kier molecular flexibility index (Phi) is 5.23. The molecule has 0 aromatic heterocycles. The van der Waals surface area contributed by atoms with Crippen LogP contribution in [-0.2, 0) is 9.53 Å². The highest BCUT2D eigenvalue weighted by Gasteiger charge is 2.31. The maximum absolute atomic E-state index is 12.1. The van der Waals surface area contributed by atoms with Crippen LogP contribution in [0.3, 0.4) is 0 Å². The number of rotatable bonds is 4. The summed E-state index contributed by atoms with van der Waals surface area (Å²) in [6, 6.07) is 0.249. The molecule has 2 atom stereocenters. The summed E-state index contributed by atoms with van der Waals surface area (Å²) >= 11 is 0.